The Balaban J connectivity index is 2.33. The molecule has 0 radical (unpaired) electrons. The van der Waals surface area contributed by atoms with Gasteiger partial charge in [-0.3, -0.25) is 14.9 Å². The molecule has 0 saturated heterocycles. The van der Waals surface area contributed by atoms with E-state index < -0.39 is 4.92 Å². The van der Waals surface area contributed by atoms with Crippen molar-refractivity contribution < 1.29 is 9.72 Å². The Kier molecular flexibility index (Phi) is 3.77. The molecule has 2 rings (SSSR count). The Morgan fingerprint density at radius 1 is 1.35 bits per heavy atom. The highest BCUT2D eigenvalue weighted by Crippen LogP contribution is 2.27. The molecule has 1 aromatic heterocycles. The smallest absolute Gasteiger partial charge is 0.309 e. The first-order chi connectivity index (χ1) is 9.54. The van der Waals surface area contributed by atoms with Crippen molar-refractivity contribution in [2.75, 3.05) is 11.9 Å². The van der Waals surface area contributed by atoms with Crippen molar-refractivity contribution in [3.05, 3.63) is 57.0 Å². The van der Waals surface area contributed by atoms with Crippen molar-refractivity contribution in [1.82, 2.24) is 0 Å². The molecule has 0 atom stereocenters. The predicted molar refractivity (Wildman–Crippen MR) is 74.9 cm³/mol. The van der Waals surface area contributed by atoms with Gasteiger partial charge in [0.1, 0.15) is 6.07 Å². The number of nitriles is 1. The van der Waals surface area contributed by atoms with Crippen molar-refractivity contribution in [2.24, 2.45) is 0 Å². The van der Waals surface area contributed by atoms with Gasteiger partial charge in [-0.15, -0.1) is 0 Å². The lowest BCUT2D eigenvalue weighted by Gasteiger charge is -2.17. The van der Waals surface area contributed by atoms with Gasteiger partial charge in [0.15, 0.2) is 0 Å². The summed E-state index contributed by atoms with van der Waals surface area (Å²) in [6.45, 7) is 0. The van der Waals surface area contributed by atoms with E-state index in [9.17, 15) is 14.9 Å². The second kappa shape index (κ2) is 5.50. The molecule has 0 N–H and O–H groups in total. The Hall–Kier alpha value is -2.72. The molecule has 0 aliphatic rings. The molecular weight excluding hydrogens is 278 g/mol. The molecule has 0 fully saturated rings. The van der Waals surface area contributed by atoms with E-state index in [0.29, 0.717) is 11.3 Å². The molecule has 1 amide bonds. The SMILES string of the molecule is CN(C(=O)c1ccc([N+](=O)[O-])s1)c1ccccc1C#N. The van der Waals surface area contributed by atoms with Gasteiger partial charge in [0.25, 0.3) is 5.91 Å². The van der Waals surface area contributed by atoms with E-state index >= 15 is 0 Å². The van der Waals surface area contributed by atoms with E-state index in [1.165, 1.54) is 24.1 Å². The van der Waals surface area contributed by atoms with Gasteiger partial charge < -0.3 is 4.90 Å². The zero-order valence-corrected chi connectivity index (χ0v) is 11.3. The Bertz CT molecular complexity index is 718. The number of anilines is 1. The lowest BCUT2D eigenvalue weighted by molar-refractivity contribution is -0.380. The molecule has 7 heteroatoms. The summed E-state index contributed by atoms with van der Waals surface area (Å²) < 4.78 is 0. The number of hydrogen-bond donors (Lipinski definition) is 0. The summed E-state index contributed by atoms with van der Waals surface area (Å²) >= 11 is 0.812. The largest absolute Gasteiger partial charge is 0.324 e. The maximum Gasteiger partial charge on any atom is 0.324 e. The number of benzene rings is 1. The molecule has 1 heterocycles. The van der Waals surface area contributed by atoms with Crippen LogP contribution >= 0.6 is 11.3 Å². The fourth-order valence-corrected chi connectivity index (χ4v) is 2.47. The highest BCUT2D eigenvalue weighted by atomic mass is 32.1. The topological polar surface area (TPSA) is 87.2 Å². The van der Waals surface area contributed by atoms with E-state index in [4.69, 9.17) is 5.26 Å². The highest BCUT2D eigenvalue weighted by Gasteiger charge is 2.20. The third-order valence-electron chi connectivity index (χ3n) is 2.67. The number of hydrogen-bond acceptors (Lipinski definition) is 5. The quantitative estimate of drug-likeness (QED) is 0.641. The summed E-state index contributed by atoms with van der Waals surface area (Å²) in [4.78, 5) is 23.9. The third-order valence-corrected chi connectivity index (χ3v) is 3.70. The molecule has 0 unspecified atom stereocenters. The number of carbonyl (C=O) groups excluding carboxylic acids is 1. The summed E-state index contributed by atoms with van der Waals surface area (Å²) in [6.07, 6.45) is 0. The summed E-state index contributed by atoms with van der Waals surface area (Å²) in [6, 6.07) is 11.4. The molecule has 0 saturated carbocycles. The monoisotopic (exact) mass is 287 g/mol. The van der Waals surface area contributed by atoms with Gasteiger partial charge in [-0.2, -0.15) is 5.26 Å². The average molecular weight is 287 g/mol. The normalized spacial score (nSPS) is 9.80. The first kappa shape index (κ1) is 13.7. The summed E-state index contributed by atoms with van der Waals surface area (Å²) in [5, 5.41) is 19.6. The molecule has 0 aliphatic carbocycles. The number of nitro groups is 1. The molecule has 0 spiro atoms. The second-order valence-electron chi connectivity index (χ2n) is 3.89. The third kappa shape index (κ3) is 2.50. The Morgan fingerprint density at radius 2 is 2.05 bits per heavy atom. The average Bonchev–Trinajstić information content (AvgIpc) is 2.95. The zero-order chi connectivity index (χ0) is 14.7. The van der Waals surface area contributed by atoms with Crippen LogP contribution in [0.3, 0.4) is 0 Å². The van der Waals surface area contributed by atoms with Gasteiger partial charge >= 0.3 is 5.00 Å². The Morgan fingerprint density at radius 3 is 2.65 bits per heavy atom. The molecule has 1 aromatic carbocycles. The number of nitrogens with zero attached hydrogens (tertiary/aromatic N) is 3. The summed E-state index contributed by atoms with van der Waals surface area (Å²) in [5.41, 5.74) is 0.838. The van der Waals surface area contributed by atoms with E-state index in [1.54, 1.807) is 24.3 Å². The number of thiophene rings is 1. The number of amides is 1. The van der Waals surface area contributed by atoms with Gasteiger partial charge in [-0.1, -0.05) is 23.5 Å². The van der Waals surface area contributed by atoms with Gasteiger partial charge in [0.05, 0.1) is 21.1 Å². The van der Waals surface area contributed by atoms with Crippen LogP contribution in [0.5, 0.6) is 0 Å². The number of rotatable bonds is 3. The van der Waals surface area contributed by atoms with Gasteiger partial charge in [-0.05, 0) is 18.2 Å². The van der Waals surface area contributed by atoms with Crippen molar-refractivity contribution >= 4 is 27.9 Å². The van der Waals surface area contributed by atoms with Crippen LogP contribution in [0.1, 0.15) is 15.2 Å². The fourth-order valence-electron chi connectivity index (χ4n) is 1.68. The summed E-state index contributed by atoms with van der Waals surface area (Å²) in [5.74, 6) is -0.384. The van der Waals surface area contributed by atoms with Crippen LogP contribution in [-0.2, 0) is 0 Å². The molecule has 6 nitrogen and oxygen atoms in total. The van der Waals surface area contributed by atoms with Crippen molar-refractivity contribution in [3.8, 4) is 6.07 Å². The lowest BCUT2D eigenvalue weighted by atomic mass is 10.2. The standard InChI is InChI=1S/C13H9N3O3S/c1-15(10-5-3-2-4-9(10)8-14)13(17)11-6-7-12(20-11)16(18)19/h2-7H,1H3. The minimum atomic E-state index is -0.537. The molecule has 0 bridgehead atoms. The predicted octanol–water partition coefficient (Wildman–Crippen LogP) is 2.80. The first-order valence-electron chi connectivity index (χ1n) is 5.56. The van der Waals surface area contributed by atoms with Crippen LogP contribution in [0.25, 0.3) is 0 Å². The molecule has 20 heavy (non-hydrogen) atoms. The maximum atomic E-state index is 12.3. The van der Waals surface area contributed by atoms with Crippen LogP contribution in [0.4, 0.5) is 10.7 Å². The van der Waals surface area contributed by atoms with E-state index in [-0.39, 0.29) is 15.8 Å². The number of para-hydroxylation sites is 1. The van der Waals surface area contributed by atoms with Crippen molar-refractivity contribution in [3.63, 3.8) is 0 Å². The van der Waals surface area contributed by atoms with Gasteiger partial charge in [0, 0.05) is 13.1 Å². The fraction of sp³-hybridized carbons (Fsp3) is 0.0769. The highest BCUT2D eigenvalue weighted by molar-refractivity contribution is 7.17. The number of carbonyl (C=O) groups is 1. The summed E-state index contributed by atoms with van der Waals surface area (Å²) in [7, 11) is 1.53. The molecule has 0 aliphatic heterocycles. The van der Waals surface area contributed by atoms with Crippen LogP contribution in [0.15, 0.2) is 36.4 Å². The van der Waals surface area contributed by atoms with Crippen LogP contribution < -0.4 is 4.90 Å². The van der Waals surface area contributed by atoms with Crippen LogP contribution in [0.2, 0.25) is 0 Å². The lowest BCUT2D eigenvalue weighted by Crippen LogP contribution is -2.26. The molecular formula is C13H9N3O3S. The van der Waals surface area contributed by atoms with E-state index in [2.05, 4.69) is 0 Å². The first-order valence-corrected chi connectivity index (χ1v) is 6.37. The second-order valence-corrected chi connectivity index (χ2v) is 4.95. The van der Waals surface area contributed by atoms with Gasteiger partial charge in [0.2, 0.25) is 0 Å². The molecule has 2 aromatic rings. The van der Waals surface area contributed by atoms with E-state index in [0.717, 1.165) is 11.3 Å². The minimum Gasteiger partial charge on any atom is -0.309 e. The van der Waals surface area contributed by atoms with E-state index in [1.807, 2.05) is 6.07 Å². The van der Waals surface area contributed by atoms with Crippen molar-refractivity contribution in [1.29, 1.82) is 5.26 Å². The minimum absolute atomic E-state index is 0.0877. The Labute approximate surface area is 118 Å². The van der Waals surface area contributed by atoms with Crippen LogP contribution in [0, 0.1) is 21.4 Å². The van der Waals surface area contributed by atoms with Gasteiger partial charge in [-0.25, -0.2) is 0 Å². The maximum absolute atomic E-state index is 12.3. The van der Waals surface area contributed by atoms with Crippen molar-refractivity contribution in [2.45, 2.75) is 0 Å². The van der Waals surface area contributed by atoms with Crippen LogP contribution in [-0.4, -0.2) is 17.9 Å². The zero-order valence-electron chi connectivity index (χ0n) is 10.4. The molecule has 100 valence electrons.